The molecule has 1 atom stereocenters. The Morgan fingerprint density at radius 1 is 1.45 bits per heavy atom. The SMILES string of the molecule is CC(CN)CNC(=O)Cc1cn2ccccc2n1.Cl.Cl. The molecule has 2 aromatic heterocycles. The van der Waals surface area contributed by atoms with E-state index < -0.39 is 0 Å². The van der Waals surface area contributed by atoms with Gasteiger partial charge in [-0.2, -0.15) is 0 Å². The first-order valence-corrected chi connectivity index (χ1v) is 6.08. The number of amides is 1. The molecule has 0 aliphatic heterocycles. The highest BCUT2D eigenvalue weighted by Gasteiger charge is 2.08. The lowest BCUT2D eigenvalue weighted by atomic mass is 10.2. The summed E-state index contributed by atoms with van der Waals surface area (Å²) < 4.78 is 1.91. The van der Waals surface area contributed by atoms with Crippen molar-refractivity contribution in [3.8, 4) is 0 Å². The topological polar surface area (TPSA) is 72.4 Å². The molecule has 5 nitrogen and oxygen atoms in total. The van der Waals surface area contributed by atoms with Crippen LogP contribution in [-0.4, -0.2) is 28.4 Å². The number of rotatable bonds is 5. The summed E-state index contributed by atoms with van der Waals surface area (Å²) >= 11 is 0. The Balaban J connectivity index is 0.00000180. The van der Waals surface area contributed by atoms with Crippen LogP contribution in [0.25, 0.3) is 5.65 Å². The largest absolute Gasteiger partial charge is 0.355 e. The zero-order valence-electron chi connectivity index (χ0n) is 11.3. The Bertz CT molecular complexity index is 511. The van der Waals surface area contributed by atoms with E-state index in [4.69, 9.17) is 5.73 Å². The molecule has 112 valence electrons. The second kappa shape index (κ2) is 8.79. The summed E-state index contributed by atoms with van der Waals surface area (Å²) in [4.78, 5) is 16.1. The van der Waals surface area contributed by atoms with Gasteiger partial charge in [0.15, 0.2) is 0 Å². The lowest BCUT2D eigenvalue weighted by Crippen LogP contribution is -2.32. The lowest BCUT2D eigenvalue weighted by Gasteiger charge is -2.09. The number of aromatic nitrogens is 2. The smallest absolute Gasteiger partial charge is 0.226 e. The molecule has 2 rings (SSSR count). The van der Waals surface area contributed by atoms with Crippen molar-refractivity contribution in [1.82, 2.24) is 14.7 Å². The van der Waals surface area contributed by atoms with Gasteiger partial charge in [-0.25, -0.2) is 4.98 Å². The van der Waals surface area contributed by atoms with Gasteiger partial charge in [0.1, 0.15) is 5.65 Å². The summed E-state index contributed by atoms with van der Waals surface area (Å²) in [6.07, 6.45) is 4.10. The predicted molar refractivity (Wildman–Crippen MR) is 84.6 cm³/mol. The van der Waals surface area contributed by atoms with Gasteiger partial charge in [0.25, 0.3) is 0 Å². The van der Waals surface area contributed by atoms with Gasteiger partial charge in [-0.1, -0.05) is 13.0 Å². The van der Waals surface area contributed by atoms with E-state index >= 15 is 0 Å². The van der Waals surface area contributed by atoms with Crippen LogP contribution in [0.1, 0.15) is 12.6 Å². The van der Waals surface area contributed by atoms with Crippen molar-refractivity contribution >= 4 is 36.4 Å². The minimum atomic E-state index is -0.0151. The van der Waals surface area contributed by atoms with Crippen LogP contribution in [0.3, 0.4) is 0 Å². The second-order valence-corrected chi connectivity index (χ2v) is 4.52. The van der Waals surface area contributed by atoms with Crippen LogP contribution in [0, 0.1) is 5.92 Å². The summed E-state index contributed by atoms with van der Waals surface area (Å²) in [5.74, 6) is 0.286. The van der Waals surface area contributed by atoms with Crippen LogP contribution in [0.15, 0.2) is 30.6 Å². The van der Waals surface area contributed by atoms with Gasteiger partial charge in [0.2, 0.25) is 5.91 Å². The van der Waals surface area contributed by atoms with Crippen LogP contribution in [0.5, 0.6) is 0 Å². The van der Waals surface area contributed by atoms with Crippen molar-refractivity contribution in [2.75, 3.05) is 13.1 Å². The monoisotopic (exact) mass is 318 g/mol. The summed E-state index contributed by atoms with van der Waals surface area (Å²) in [6, 6.07) is 5.77. The minimum absolute atomic E-state index is 0. The highest BCUT2D eigenvalue weighted by molar-refractivity contribution is 5.85. The third-order valence-electron chi connectivity index (χ3n) is 2.81. The average molecular weight is 319 g/mol. The molecule has 3 N–H and O–H groups in total. The minimum Gasteiger partial charge on any atom is -0.355 e. The van der Waals surface area contributed by atoms with E-state index in [2.05, 4.69) is 10.3 Å². The average Bonchev–Trinajstić information content (AvgIpc) is 2.77. The molecular formula is C13H20Cl2N4O. The molecule has 0 saturated carbocycles. The van der Waals surface area contributed by atoms with Crippen LogP contribution >= 0.6 is 24.8 Å². The Morgan fingerprint density at radius 3 is 2.85 bits per heavy atom. The van der Waals surface area contributed by atoms with Crippen LogP contribution in [0.4, 0.5) is 0 Å². The number of hydrogen-bond acceptors (Lipinski definition) is 3. The number of nitrogens with two attached hydrogens (primary N) is 1. The number of nitrogens with zero attached hydrogens (tertiary/aromatic N) is 2. The molecule has 0 fully saturated rings. The van der Waals surface area contributed by atoms with Gasteiger partial charge in [0, 0.05) is 18.9 Å². The van der Waals surface area contributed by atoms with Gasteiger partial charge in [-0.05, 0) is 24.6 Å². The first-order valence-electron chi connectivity index (χ1n) is 6.08. The predicted octanol–water partition coefficient (Wildman–Crippen LogP) is 1.43. The van der Waals surface area contributed by atoms with E-state index in [1.54, 1.807) is 0 Å². The molecule has 1 unspecified atom stereocenters. The van der Waals surface area contributed by atoms with Crippen molar-refractivity contribution in [3.63, 3.8) is 0 Å². The van der Waals surface area contributed by atoms with Gasteiger partial charge in [-0.3, -0.25) is 4.79 Å². The fourth-order valence-corrected chi connectivity index (χ4v) is 1.67. The molecule has 0 saturated heterocycles. The number of fused-ring (bicyclic) bond motifs is 1. The summed E-state index contributed by atoms with van der Waals surface area (Å²) in [5, 5.41) is 2.86. The lowest BCUT2D eigenvalue weighted by molar-refractivity contribution is -0.120. The van der Waals surface area contributed by atoms with Gasteiger partial charge in [-0.15, -0.1) is 24.8 Å². The number of nitrogens with one attached hydrogen (secondary N) is 1. The number of hydrogen-bond donors (Lipinski definition) is 2. The molecule has 0 radical (unpaired) electrons. The highest BCUT2D eigenvalue weighted by Crippen LogP contribution is 2.05. The Hall–Kier alpha value is -1.30. The Labute approximate surface area is 130 Å². The first-order chi connectivity index (χ1) is 8.69. The van der Waals surface area contributed by atoms with Crippen molar-refractivity contribution < 1.29 is 4.79 Å². The summed E-state index contributed by atoms with van der Waals surface area (Å²) in [5.41, 5.74) is 7.13. The maximum atomic E-state index is 11.7. The van der Waals surface area contributed by atoms with E-state index in [0.717, 1.165) is 11.3 Å². The molecular weight excluding hydrogens is 299 g/mol. The fraction of sp³-hybridized carbons (Fsp3) is 0.385. The highest BCUT2D eigenvalue weighted by atomic mass is 35.5. The van der Waals surface area contributed by atoms with Gasteiger partial charge >= 0.3 is 0 Å². The van der Waals surface area contributed by atoms with Crippen LogP contribution in [-0.2, 0) is 11.2 Å². The zero-order valence-corrected chi connectivity index (χ0v) is 12.9. The van der Waals surface area contributed by atoms with Gasteiger partial charge < -0.3 is 15.5 Å². The molecule has 0 aliphatic carbocycles. The number of carbonyl (C=O) groups is 1. The van der Waals surface area contributed by atoms with Crippen LogP contribution in [0.2, 0.25) is 0 Å². The molecule has 2 heterocycles. The fourth-order valence-electron chi connectivity index (χ4n) is 1.67. The molecule has 7 heteroatoms. The summed E-state index contributed by atoms with van der Waals surface area (Å²) in [7, 11) is 0. The van der Waals surface area contributed by atoms with E-state index in [1.165, 1.54) is 0 Å². The van der Waals surface area contributed by atoms with Crippen molar-refractivity contribution in [2.24, 2.45) is 11.7 Å². The molecule has 0 spiro atoms. The normalized spacial score (nSPS) is 11.3. The van der Waals surface area contributed by atoms with E-state index in [0.29, 0.717) is 25.4 Å². The van der Waals surface area contributed by atoms with Crippen molar-refractivity contribution in [3.05, 3.63) is 36.3 Å². The molecule has 1 amide bonds. The number of carbonyl (C=O) groups excluding carboxylic acids is 1. The molecule has 0 aliphatic rings. The molecule has 2 aromatic rings. The molecule has 0 bridgehead atoms. The van der Waals surface area contributed by atoms with E-state index in [9.17, 15) is 4.79 Å². The number of pyridine rings is 1. The Morgan fingerprint density at radius 2 is 2.20 bits per heavy atom. The van der Waals surface area contributed by atoms with Crippen LogP contribution < -0.4 is 11.1 Å². The molecule has 0 aromatic carbocycles. The molecule has 20 heavy (non-hydrogen) atoms. The third kappa shape index (κ3) is 5.00. The first kappa shape index (κ1) is 18.7. The van der Waals surface area contributed by atoms with Gasteiger partial charge in [0.05, 0.1) is 12.1 Å². The Kier molecular flexibility index (Phi) is 8.22. The van der Waals surface area contributed by atoms with E-state index in [1.807, 2.05) is 41.9 Å². The maximum Gasteiger partial charge on any atom is 0.226 e. The third-order valence-corrected chi connectivity index (χ3v) is 2.81. The van der Waals surface area contributed by atoms with Crippen molar-refractivity contribution in [2.45, 2.75) is 13.3 Å². The maximum absolute atomic E-state index is 11.7. The second-order valence-electron chi connectivity index (χ2n) is 4.52. The zero-order chi connectivity index (χ0) is 13.0. The van der Waals surface area contributed by atoms with E-state index in [-0.39, 0.29) is 30.7 Å². The number of halogens is 2. The summed E-state index contributed by atoms with van der Waals surface area (Å²) in [6.45, 7) is 3.20. The quantitative estimate of drug-likeness (QED) is 0.876. The number of imidazole rings is 1. The standard InChI is InChI=1S/C13H18N4O.2ClH/c1-10(7-14)8-15-13(18)6-11-9-17-5-3-2-4-12(17)16-11;;/h2-5,9-10H,6-8,14H2,1H3,(H,15,18);2*1H. The van der Waals surface area contributed by atoms with Crippen molar-refractivity contribution in [1.29, 1.82) is 0 Å².